The second-order valence-corrected chi connectivity index (χ2v) is 5.13. The van der Waals surface area contributed by atoms with Crippen molar-refractivity contribution in [3.05, 3.63) is 16.1 Å². The number of aryl methyl sites for hydroxylation is 1. The molecule has 0 bridgehead atoms. The molecule has 6 heteroatoms. The number of nitrogens with one attached hydrogen (secondary N) is 1. The first-order chi connectivity index (χ1) is 7.56. The number of thiazole rings is 1. The first kappa shape index (κ1) is 11.2. The molecule has 1 aliphatic rings. The van der Waals surface area contributed by atoms with E-state index in [1.807, 2.05) is 24.9 Å². The van der Waals surface area contributed by atoms with E-state index in [4.69, 9.17) is 0 Å². The molecule has 2 amide bonds. The number of piperazine rings is 1. The molecule has 1 saturated heterocycles. The van der Waals surface area contributed by atoms with E-state index < -0.39 is 0 Å². The second kappa shape index (κ2) is 4.31. The number of hydrogen-bond acceptors (Lipinski definition) is 5. The number of carbonyl (C=O) groups excluding carboxylic acids is 2. The van der Waals surface area contributed by atoms with Gasteiger partial charge in [-0.1, -0.05) is 0 Å². The first-order valence-electron chi connectivity index (χ1n) is 5.05. The summed E-state index contributed by atoms with van der Waals surface area (Å²) in [5.74, 6) is -0.479. The topological polar surface area (TPSA) is 62.3 Å². The fourth-order valence-corrected chi connectivity index (χ4v) is 2.52. The van der Waals surface area contributed by atoms with Gasteiger partial charge in [-0.05, 0) is 13.8 Å². The van der Waals surface area contributed by atoms with Crippen LogP contribution in [-0.4, -0.2) is 34.8 Å². The fraction of sp³-hybridized carbons (Fsp3) is 0.500. The van der Waals surface area contributed by atoms with E-state index in [0.29, 0.717) is 0 Å². The van der Waals surface area contributed by atoms with Crippen LogP contribution in [-0.2, 0) is 9.59 Å². The van der Waals surface area contributed by atoms with Gasteiger partial charge in [0.15, 0.2) is 0 Å². The highest BCUT2D eigenvalue weighted by Crippen LogP contribution is 2.24. The lowest BCUT2D eigenvalue weighted by Gasteiger charge is -2.29. The van der Waals surface area contributed by atoms with Crippen LogP contribution in [0.25, 0.3) is 0 Å². The predicted molar refractivity (Wildman–Crippen MR) is 60.0 cm³/mol. The minimum Gasteiger partial charge on any atom is -0.294 e. The van der Waals surface area contributed by atoms with Gasteiger partial charge < -0.3 is 0 Å². The minimum atomic E-state index is -0.239. The highest BCUT2D eigenvalue weighted by atomic mass is 32.1. The molecular formula is C10H13N3O2S. The van der Waals surface area contributed by atoms with E-state index in [9.17, 15) is 9.59 Å². The van der Waals surface area contributed by atoms with Crippen LogP contribution in [0.15, 0.2) is 6.20 Å². The number of carbonyl (C=O) groups is 2. The maximum Gasteiger partial charge on any atom is 0.240 e. The molecule has 1 fully saturated rings. The molecule has 0 aliphatic carbocycles. The number of imide groups is 1. The number of aromatic nitrogens is 1. The van der Waals surface area contributed by atoms with Gasteiger partial charge in [0, 0.05) is 11.1 Å². The van der Waals surface area contributed by atoms with Crippen LogP contribution in [0.4, 0.5) is 0 Å². The third kappa shape index (κ3) is 2.28. The van der Waals surface area contributed by atoms with Crippen molar-refractivity contribution in [1.29, 1.82) is 0 Å². The Morgan fingerprint density at radius 1 is 1.44 bits per heavy atom. The number of hydrogen-bond donors (Lipinski definition) is 1. The van der Waals surface area contributed by atoms with Crippen LogP contribution < -0.4 is 5.32 Å². The molecule has 0 saturated carbocycles. The van der Waals surface area contributed by atoms with Gasteiger partial charge >= 0.3 is 0 Å². The van der Waals surface area contributed by atoms with E-state index >= 15 is 0 Å². The molecule has 1 atom stereocenters. The van der Waals surface area contributed by atoms with Gasteiger partial charge in [-0.2, -0.15) is 0 Å². The van der Waals surface area contributed by atoms with Crippen LogP contribution in [0.3, 0.4) is 0 Å². The summed E-state index contributed by atoms with van der Waals surface area (Å²) >= 11 is 1.60. The third-order valence-corrected chi connectivity index (χ3v) is 3.60. The summed E-state index contributed by atoms with van der Waals surface area (Å²) in [6.45, 7) is 4.46. The summed E-state index contributed by atoms with van der Waals surface area (Å²) in [5, 5.41) is 3.23. The minimum absolute atomic E-state index is 0.00806. The van der Waals surface area contributed by atoms with Crippen molar-refractivity contribution in [2.24, 2.45) is 0 Å². The zero-order chi connectivity index (χ0) is 11.7. The number of nitrogens with zero attached hydrogens (tertiary/aromatic N) is 2. The first-order valence-corrected chi connectivity index (χ1v) is 5.87. The molecule has 86 valence electrons. The van der Waals surface area contributed by atoms with Crippen molar-refractivity contribution in [2.75, 3.05) is 13.1 Å². The molecule has 2 heterocycles. The average Bonchev–Trinajstić information content (AvgIpc) is 2.62. The molecule has 0 spiro atoms. The standard InChI is InChI=1S/C10H13N3O2S/c1-6-3-11-10(16-6)7(2)13-4-8(14)12-9(15)5-13/h3,7H,4-5H2,1-2H3,(H,12,14,15). The van der Waals surface area contributed by atoms with Crippen LogP contribution in [0.1, 0.15) is 22.9 Å². The average molecular weight is 239 g/mol. The van der Waals surface area contributed by atoms with Crippen LogP contribution in [0.5, 0.6) is 0 Å². The Morgan fingerprint density at radius 3 is 2.56 bits per heavy atom. The molecule has 1 N–H and O–H groups in total. The Bertz CT molecular complexity index is 413. The molecule has 5 nitrogen and oxygen atoms in total. The molecule has 0 radical (unpaired) electrons. The van der Waals surface area contributed by atoms with Crippen molar-refractivity contribution in [1.82, 2.24) is 15.2 Å². The lowest BCUT2D eigenvalue weighted by Crippen LogP contribution is -2.51. The van der Waals surface area contributed by atoms with Gasteiger partial charge in [-0.15, -0.1) is 11.3 Å². The Morgan fingerprint density at radius 2 is 2.06 bits per heavy atom. The molecule has 2 rings (SSSR count). The van der Waals surface area contributed by atoms with Crippen molar-refractivity contribution in [2.45, 2.75) is 19.9 Å². The Balaban J connectivity index is 2.12. The molecule has 1 aromatic rings. The van der Waals surface area contributed by atoms with E-state index in [-0.39, 0.29) is 30.9 Å². The maximum absolute atomic E-state index is 11.2. The fourth-order valence-electron chi connectivity index (χ4n) is 1.65. The van der Waals surface area contributed by atoms with E-state index in [1.54, 1.807) is 11.3 Å². The quantitative estimate of drug-likeness (QED) is 0.762. The van der Waals surface area contributed by atoms with Gasteiger partial charge in [0.2, 0.25) is 11.8 Å². The summed E-state index contributed by atoms with van der Waals surface area (Å²) in [6.07, 6.45) is 1.81. The van der Waals surface area contributed by atoms with E-state index in [1.165, 1.54) is 0 Å². The monoisotopic (exact) mass is 239 g/mol. The summed E-state index contributed by atoms with van der Waals surface area (Å²) in [6, 6.07) is 0.00806. The highest BCUT2D eigenvalue weighted by molar-refractivity contribution is 7.11. The maximum atomic E-state index is 11.2. The van der Waals surface area contributed by atoms with Gasteiger partial charge in [0.1, 0.15) is 5.01 Å². The second-order valence-electron chi connectivity index (χ2n) is 3.86. The smallest absolute Gasteiger partial charge is 0.240 e. The normalized spacial score (nSPS) is 19.6. The zero-order valence-corrected chi connectivity index (χ0v) is 10.0. The Labute approximate surface area is 97.5 Å². The predicted octanol–water partition coefficient (Wildman–Crippen LogP) is 0.471. The molecule has 1 aliphatic heterocycles. The molecule has 0 aromatic carbocycles. The lowest BCUT2D eigenvalue weighted by atomic mass is 10.2. The Hall–Kier alpha value is -1.27. The molecule has 1 aromatic heterocycles. The van der Waals surface area contributed by atoms with E-state index in [0.717, 1.165) is 9.88 Å². The van der Waals surface area contributed by atoms with Crippen molar-refractivity contribution >= 4 is 23.2 Å². The van der Waals surface area contributed by atoms with Crippen molar-refractivity contribution in [3.63, 3.8) is 0 Å². The zero-order valence-electron chi connectivity index (χ0n) is 9.19. The van der Waals surface area contributed by atoms with Gasteiger partial charge in [0.05, 0.1) is 19.1 Å². The summed E-state index contributed by atoms with van der Waals surface area (Å²) in [4.78, 5) is 29.7. The molecule has 1 unspecified atom stereocenters. The van der Waals surface area contributed by atoms with Crippen LogP contribution in [0.2, 0.25) is 0 Å². The highest BCUT2D eigenvalue weighted by Gasteiger charge is 2.28. The third-order valence-electron chi connectivity index (χ3n) is 2.52. The lowest BCUT2D eigenvalue weighted by molar-refractivity contribution is -0.137. The number of rotatable bonds is 2. The van der Waals surface area contributed by atoms with Crippen LogP contribution >= 0.6 is 11.3 Å². The molecular weight excluding hydrogens is 226 g/mol. The number of amides is 2. The van der Waals surface area contributed by atoms with Gasteiger partial charge in [-0.25, -0.2) is 4.98 Å². The van der Waals surface area contributed by atoms with Gasteiger partial charge in [0.25, 0.3) is 0 Å². The SMILES string of the molecule is Cc1cnc(C(C)N2CC(=O)NC(=O)C2)s1. The summed E-state index contributed by atoms with van der Waals surface area (Å²) < 4.78 is 0. The van der Waals surface area contributed by atoms with Crippen molar-refractivity contribution in [3.8, 4) is 0 Å². The van der Waals surface area contributed by atoms with Crippen LogP contribution in [0, 0.1) is 6.92 Å². The molecule has 16 heavy (non-hydrogen) atoms. The van der Waals surface area contributed by atoms with Gasteiger partial charge in [-0.3, -0.25) is 19.8 Å². The van der Waals surface area contributed by atoms with Crippen molar-refractivity contribution < 1.29 is 9.59 Å². The van der Waals surface area contributed by atoms with E-state index in [2.05, 4.69) is 10.3 Å². The summed E-state index contributed by atoms with van der Waals surface area (Å²) in [7, 11) is 0. The largest absolute Gasteiger partial charge is 0.294 e. The Kier molecular flexibility index (Phi) is 3.02. The summed E-state index contributed by atoms with van der Waals surface area (Å²) in [5.41, 5.74) is 0.